The molecular formula is C28H37N3O6. The molecular weight excluding hydrogens is 474 g/mol. The molecule has 1 amide bonds. The van der Waals surface area contributed by atoms with Gasteiger partial charge in [0, 0.05) is 24.2 Å². The summed E-state index contributed by atoms with van der Waals surface area (Å²) in [5.41, 5.74) is 1.73. The van der Waals surface area contributed by atoms with Gasteiger partial charge in [0.25, 0.3) is 5.91 Å². The fourth-order valence-electron chi connectivity index (χ4n) is 4.99. The van der Waals surface area contributed by atoms with E-state index in [1.54, 1.807) is 38.1 Å². The number of aromatic amines is 1. The first-order chi connectivity index (χ1) is 17.7. The number of amides is 1. The summed E-state index contributed by atoms with van der Waals surface area (Å²) in [4.78, 5) is 44.6. The van der Waals surface area contributed by atoms with Crippen molar-refractivity contribution >= 4 is 23.4 Å². The molecule has 0 aliphatic carbocycles. The van der Waals surface area contributed by atoms with Gasteiger partial charge in [0.1, 0.15) is 11.4 Å². The zero-order chi connectivity index (χ0) is 27.3. The Morgan fingerprint density at radius 1 is 1.11 bits per heavy atom. The normalized spacial score (nSPS) is 17.1. The number of carbonyl (C=O) groups excluding carboxylic acids is 3. The minimum absolute atomic E-state index is 0.106. The average Bonchev–Trinajstić information content (AvgIpc) is 3.33. The summed E-state index contributed by atoms with van der Waals surface area (Å²) in [6.07, 6.45) is 0.694. The topological polar surface area (TPSA) is 116 Å². The Morgan fingerprint density at radius 3 is 2.32 bits per heavy atom. The summed E-state index contributed by atoms with van der Waals surface area (Å²) in [5, 5.41) is 13.9. The fourth-order valence-corrected chi connectivity index (χ4v) is 4.99. The number of methoxy groups -OCH3 is 1. The van der Waals surface area contributed by atoms with Crippen LogP contribution in [0.4, 0.5) is 0 Å². The smallest absolute Gasteiger partial charge is 0.354 e. The van der Waals surface area contributed by atoms with Gasteiger partial charge in [-0.15, -0.1) is 0 Å². The van der Waals surface area contributed by atoms with E-state index in [-0.39, 0.29) is 16.8 Å². The molecule has 1 saturated heterocycles. The number of rotatable bonds is 11. The Hall–Kier alpha value is -3.59. The first-order valence-corrected chi connectivity index (χ1v) is 12.8. The molecule has 1 aromatic heterocycles. The maximum Gasteiger partial charge on any atom is 0.354 e. The van der Waals surface area contributed by atoms with Crippen LogP contribution in [0.15, 0.2) is 29.8 Å². The Balaban J connectivity index is 2.11. The summed E-state index contributed by atoms with van der Waals surface area (Å²) >= 11 is 0. The summed E-state index contributed by atoms with van der Waals surface area (Å²) < 4.78 is 10.4. The van der Waals surface area contributed by atoms with Crippen LogP contribution in [0.2, 0.25) is 0 Å². The zero-order valence-corrected chi connectivity index (χ0v) is 22.5. The van der Waals surface area contributed by atoms with Crippen LogP contribution < -0.4 is 14.7 Å². The number of Topliss-reactive ketones (excluding diaryl/α,β-unsaturated/α-hetero) is 1. The number of H-pyrrole nitrogens is 1. The lowest BCUT2D eigenvalue weighted by molar-refractivity contribution is -0.896. The maximum atomic E-state index is 13.9. The molecule has 200 valence electrons. The van der Waals surface area contributed by atoms with Crippen LogP contribution in [0.25, 0.3) is 5.76 Å². The van der Waals surface area contributed by atoms with Gasteiger partial charge in [0.15, 0.2) is 0 Å². The third-order valence-corrected chi connectivity index (χ3v) is 7.02. The number of quaternary nitrogens is 1. The van der Waals surface area contributed by atoms with E-state index in [2.05, 4.69) is 18.8 Å². The van der Waals surface area contributed by atoms with E-state index < -0.39 is 29.5 Å². The van der Waals surface area contributed by atoms with Crippen LogP contribution in [0.1, 0.15) is 66.1 Å². The van der Waals surface area contributed by atoms with Gasteiger partial charge in [0.05, 0.1) is 39.4 Å². The highest BCUT2D eigenvalue weighted by molar-refractivity contribution is 6.46. The number of ketones is 1. The van der Waals surface area contributed by atoms with Gasteiger partial charge in [-0.2, -0.15) is 0 Å². The lowest BCUT2D eigenvalue weighted by Gasteiger charge is -2.28. The highest BCUT2D eigenvalue weighted by Crippen LogP contribution is 2.40. The molecule has 2 aromatic rings. The molecule has 3 rings (SSSR count). The second-order valence-corrected chi connectivity index (χ2v) is 9.15. The average molecular weight is 512 g/mol. The summed E-state index contributed by atoms with van der Waals surface area (Å²) in [6, 6.07) is 6.29. The van der Waals surface area contributed by atoms with Crippen LogP contribution in [0, 0.1) is 13.8 Å². The number of carbonyl (C=O) groups is 3. The van der Waals surface area contributed by atoms with Crippen molar-refractivity contribution in [3.8, 4) is 5.75 Å². The van der Waals surface area contributed by atoms with Gasteiger partial charge < -0.3 is 29.4 Å². The van der Waals surface area contributed by atoms with Crippen molar-refractivity contribution in [2.24, 2.45) is 0 Å². The minimum Gasteiger partial charge on any atom is -0.872 e. The van der Waals surface area contributed by atoms with E-state index in [1.807, 2.05) is 6.92 Å². The highest BCUT2D eigenvalue weighted by Gasteiger charge is 2.44. The summed E-state index contributed by atoms with van der Waals surface area (Å²) in [6.45, 7) is 13.0. The van der Waals surface area contributed by atoms with Crippen LogP contribution in [0.5, 0.6) is 5.75 Å². The molecule has 0 bridgehead atoms. The molecule has 1 aromatic carbocycles. The lowest BCUT2D eigenvalue weighted by Crippen LogP contribution is -3.11. The second-order valence-electron chi connectivity index (χ2n) is 9.15. The van der Waals surface area contributed by atoms with Crippen LogP contribution in [-0.2, 0) is 14.3 Å². The van der Waals surface area contributed by atoms with Gasteiger partial charge in [0.2, 0.25) is 5.78 Å². The minimum atomic E-state index is -0.829. The number of hydrogen-bond donors (Lipinski definition) is 2. The molecule has 1 fully saturated rings. The predicted molar refractivity (Wildman–Crippen MR) is 137 cm³/mol. The first-order valence-electron chi connectivity index (χ1n) is 12.8. The van der Waals surface area contributed by atoms with E-state index in [9.17, 15) is 19.5 Å². The Morgan fingerprint density at radius 2 is 1.76 bits per heavy atom. The van der Waals surface area contributed by atoms with Gasteiger partial charge in [-0.05, 0) is 63.4 Å². The summed E-state index contributed by atoms with van der Waals surface area (Å²) in [5.74, 6) is -2.00. The molecule has 0 radical (unpaired) electrons. The number of aryl methyl sites for hydroxylation is 1. The first kappa shape index (κ1) is 28.0. The second kappa shape index (κ2) is 12.1. The SMILES string of the molecule is CCOc1ccc(C2/C(=C(\[O-])c3c(C)[nH]c(C(=O)OC)c3C)C(=O)C(=O)N2CCC[NH+](CC)CC)cc1. The van der Waals surface area contributed by atoms with Crippen LogP contribution >= 0.6 is 0 Å². The number of ether oxygens (including phenoxy) is 2. The van der Waals surface area contributed by atoms with Gasteiger partial charge in [-0.1, -0.05) is 17.9 Å². The molecule has 1 aliphatic rings. The van der Waals surface area contributed by atoms with Crippen LogP contribution in [-0.4, -0.2) is 67.4 Å². The van der Waals surface area contributed by atoms with Gasteiger partial charge in [-0.25, -0.2) is 4.79 Å². The van der Waals surface area contributed by atoms with Crippen molar-refractivity contribution in [2.45, 2.75) is 47.1 Å². The van der Waals surface area contributed by atoms with Crippen molar-refractivity contribution < 1.29 is 33.9 Å². The maximum absolute atomic E-state index is 13.9. The molecule has 2 heterocycles. The third kappa shape index (κ3) is 5.56. The number of nitrogens with one attached hydrogen (secondary N) is 2. The molecule has 9 heteroatoms. The Labute approximate surface area is 218 Å². The number of aromatic nitrogens is 1. The van der Waals surface area contributed by atoms with Crippen molar-refractivity contribution in [1.82, 2.24) is 9.88 Å². The zero-order valence-electron chi connectivity index (χ0n) is 22.5. The van der Waals surface area contributed by atoms with Crippen molar-refractivity contribution in [3.63, 3.8) is 0 Å². The largest absolute Gasteiger partial charge is 0.872 e. The number of benzene rings is 1. The van der Waals surface area contributed by atoms with E-state index in [4.69, 9.17) is 9.47 Å². The third-order valence-electron chi connectivity index (χ3n) is 7.02. The molecule has 1 atom stereocenters. The van der Waals surface area contributed by atoms with Gasteiger partial charge in [-0.3, -0.25) is 9.59 Å². The quantitative estimate of drug-likeness (QED) is 0.204. The van der Waals surface area contributed by atoms with Crippen molar-refractivity contribution in [1.29, 1.82) is 0 Å². The predicted octanol–water partition coefficient (Wildman–Crippen LogP) is 1.36. The standard InChI is InChI=1S/C28H37N3O6/c1-7-30(8-2)15-10-16-31-24(19-11-13-20(14-12-19)37-9-3)22(26(33)27(31)34)25(32)21-17(4)23(28(35)36-6)29-18(21)5/h11-14,24,29,32H,7-10,15-16H2,1-6H3/b25-22+. The number of likely N-dealkylation sites (tertiary alicyclic amines) is 1. The summed E-state index contributed by atoms with van der Waals surface area (Å²) in [7, 11) is 1.26. The van der Waals surface area contributed by atoms with E-state index in [1.165, 1.54) is 16.9 Å². The number of esters is 1. The van der Waals surface area contributed by atoms with Crippen molar-refractivity contribution in [2.75, 3.05) is 39.9 Å². The van der Waals surface area contributed by atoms with Crippen molar-refractivity contribution in [3.05, 3.63) is 57.9 Å². The van der Waals surface area contributed by atoms with E-state index >= 15 is 0 Å². The highest BCUT2D eigenvalue weighted by atomic mass is 16.5. The molecule has 1 unspecified atom stereocenters. The number of nitrogens with zero attached hydrogens (tertiary/aromatic N) is 1. The van der Waals surface area contributed by atoms with Crippen LogP contribution in [0.3, 0.4) is 0 Å². The van der Waals surface area contributed by atoms with E-state index in [0.29, 0.717) is 42.1 Å². The molecule has 1 aliphatic heterocycles. The van der Waals surface area contributed by atoms with E-state index in [0.717, 1.165) is 19.6 Å². The Bertz CT molecular complexity index is 1180. The molecule has 0 spiro atoms. The monoisotopic (exact) mass is 511 g/mol. The fraction of sp³-hybridized carbons (Fsp3) is 0.464. The number of hydrogen-bond acceptors (Lipinski definition) is 6. The molecule has 0 saturated carbocycles. The molecule has 9 nitrogen and oxygen atoms in total. The lowest BCUT2D eigenvalue weighted by atomic mass is 9.94. The van der Waals surface area contributed by atoms with Gasteiger partial charge >= 0.3 is 5.97 Å². The molecule has 37 heavy (non-hydrogen) atoms. The Kier molecular flexibility index (Phi) is 9.15. The molecule has 2 N–H and O–H groups in total.